The number of hydrogen-bond acceptors (Lipinski definition) is 6. The van der Waals surface area contributed by atoms with Crippen LogP contribution in [-0.2, 0) is 6.42 Å². The zero-order valence-electron chi connectivity index (χ0n) is 20.5. The Labute approximate surface area is 220 Å². The average Bonchev–Trinajstić information content (AvgIpc) is 3.52. The number of likely N-dealkylation sites (tertiary alicyclic amines) is 1. The summed E-state index contributed by atoms with van der Waals surface area (Å²) < 4.78 is 3.16. The third-order valence-corrected chi connectivity index (χ3v) is 8.85. The molecule has 3 aromatic rings. The molecule has 3 aliphatic rings. The summed E-state index contributed by atoms with van der Waals surface area (Å²) in [6.45, 7) is 6.58. The minimum Gasteiger partial charge on any atom is -0.367 e. The molecule has 0 atom stereocenters. The van der Waals surface area contributed by atoms with Crippen LogP contribution in [0.3, 0.4) is 0 Å². The molecule has 8 heteroatoms. The number of halogens is 1. The van der Waals surface area contributed by atoms with Crippen LogP contribution < -0.4 is 10.2 Å². The number of nitrogens with zero attached hydrogens (tertiary/aromatic N) is 6. The van der Waals surface area contributed by atoms with E-state index in [9.17, 15) is 0 Å². The van der Waals surface area contributed by atoms with Gasteiger partial charge in [0.2, 0.25) is 0 Å². The van der Waals surface area contributed by atoms with Crippen molar-refractivity contribution >= 4 is 51.3 Å². The van der Waals surface area contributed by atoms with Crippen LogP contribution in [0, 0.1) is 0 Å². The van der Waals surface area contributed by atoms with E-state index in [4.69, 9.17) is 15.1 Å². The monoisotopic (exact) mass is 581 g/mol. The molecular weight excluding hydrogens is 549 g/mol. The van der Waals surface area contributed by atoms with Gasteiger partial charge in [-0.3, -0.25) is 0 Å². The Morgan fingerprint density at radius 1 is 1.03 bits per heavy atom. The van der Waals surface area contributed by atoms with Crippen molar-refractivity contribution in [3.63, 3.8) is 0 Å². The van der Waals surface area contributed by atoms with Gasteiger partial charge in [0.1, 0.15) is 23.0 Å². The van der Waals surface area contributed by atoms with Gasteiger partial charge < -0.3 is 15.1 Å². The number of fused-ring (bicyclic) bond motifs is 2. The molecule has 2 aromatic heterocycles. The summed E-state index contributed by atoms with van der Waals surface area (Å²) in [4.78, 5) is 15.0. The number of piperidine rings is 1. The fourth-order valence-corrected chi connectivity index (χ4v) is 5.91. The van der Waals surface area contributed by atoms with Crippen molar-refractivity contribution < 1.29 is 0 Å². The largest absolute Gasteiger partial charge is 0.367 e. The predicted octanol–water partition coefficient (Wildman–Crippen LogP) is 5.22. The highest BCUT2D eigenvalue weighted by molar-refractivity contribution is 14.1. The molecule has 5 heterocycles. The molecule has 35 heavy (non-hydrogen) atoms. The number of rotatable bonds is 4. The van der Waals surface area contributed by atoms with E-state index < -0.39 is 0 Å². The van der Waals surface area contributed by atoms with Crippen molar-refractivity contribution in [2.75, 3.05) is 43.4 Å². The van der Waals surface area contributed by atoms with Gasteiger partial charge in [0, 0.05) is 34.8 Å². The van der Waals surface area contributed by atoms with Crippen LogP contribution in [0.5, 0.6) is 0 Å². The first-order valence-electron chi connectivity index (χ1n) is 12.7. The van der Waals surface area contributed by atoms with Crippen molar-refractivity contribution in [1.29, 1.82) is 0 Å². The van der Waals surface area contributed by atoms with Gasteiger partial charge in [-0.1, -0.05) is 23.8 Å². The van der Waals surface area contributed by atoms with E-state index in [1.54, 1.807) is 0 Å². The highest BCUT2D eigenvalue weighted by Gasteiger charge is 2.24. The molecule has 6 rings (SSSR count). The lowest BCUT2D eigenvalue weighted by Crippen LogP contribution is -2.37. The lowest BCUT2D eigenvalue weighted by Gasteiger charge is -2.30. The quantitative estimate of drug-likeness (QED) is 0.429. The Kier molecular flexibility index (Phi) is 6.26. The molecule has 0 unspecified atom stereocenters. The second kappa shape index (κ2) is 9.54. The standard InChI is InChI=1S/C27H32IN7/c1-18-15-19-7-3-4-8-21(19)30-27(26(18)28)22-16-24-31-23(34-11-5-6-12-34)17-25(35(24)32-22)29-20-9-13-33(2)14-10-20/h3-4,7-8,16-17,20,29H,5-6,9-15H2,1-2H3. The lowest BCUT2D eigenvalue weighted by molar-refractivity contribution is 0.263. The van der Waals surface area contributed by atoms with E-state index in [2.05, 4.69) is 88.1 Å². The van der Waals surface area contributed by atoms with Crippen molar-refractivity contribution in [1.82, 2.24) is 19.5 Å². The molecule has 0 spiro atoms. The number of hydrogen-bond donors (Lipinski definition) is 1. The molecule has 0 aliphatic carbocycles. The van der Waals surface area contributed by atoms with Crippen LogP contribution in [0.15, 0.2) is 50.5 Å². The van der Waals surface area contributed by atoms with Gasteiger partial charge in [0.15, 0.2) is 5.65 Å². The Morgan fingerprint density at radius 3 is 2.60 bits per heavy atom. The van der Waals surface area contributed by atoms with E-state index in [0.717, 1.165) is 79.8 Å². The maximum Gasteiger partial charge on any atom is 0.160 e. The Bertz CT molecular complexity index is 1310. The maximum atomic E-state index is 5.10. The number of benzene rings is 1. The van der Waals surface area contributed by atoms with Gasteiger partial charge in [-0.15, -0.1) is 0 Å². The van der Waals surface area contributed by atoms with Crippen LogP contribution >= 0.6 is 22.6 Å². The van der Waals surface area contributed by atoms with Crippen molar-refractivity contribution in [3.05, 3.63) is 56.8 Å². The first-order valence-corrected chi connectivity index (χ1v) is 13.8. The van der Waals surface area contributed by atoms with Crippen LogP contribution in [-0.4, -0.2) is 64.5 Å². The topological polar surface area (TPSA) is 61.1 Å². The minimum absolute atomic E-state index is 0.445. The fraction of sp³-hybridized carbons (Fsp3) is 0.444. The highest BCUT2D eigenvalue weighted by Crippen LogP contribution is 2.33. The zero-order chi connectivity index (χ0) is 23.9. The van der Waals surface area contributed by atoms with Crippen molar-refractivity contribution in [3.8, 4) is 0 Å². The molecule has 0 amide bonds. The molecule has 2 fully saturated rings. The van der Waals surface area contributed by atoms with Gasteiger partial charge in [0.25, 0.3) is 0 Å². The summed E-state index contributed by atoms with van der Waals surface area (Å²) in [7, 11) is 2.20. The summed E-state index contributed by atoms with van der Waals surface area (Å²) in [5.41, 5.74) is 6.30. The summed E-state index contributed by atoms with van der Waals surface area (Å²) in [6, 6.07) is 13.2. The van der Waals surface area contributed by atoms with Crippen LogP contribution in [0.2, 0.25) is 0 Å². The van der Waals surface area contributed by atoms with Gasteiger partial charge in [-0.2, -0.15) is 9.61 Å². The van der Waals surface area contributed by atoms with E-state index in [1.807, 2.05) is 4.52 Å². The summed E-state index contributed by atoms with van der Waals surface area (Å²) in [5, 5.41) is 8.90. The molecule has 182 valence electrons. The number of para-hydroxylation sites is 1. The third-order valence-electron chi connectivity index (χ3n) is 7.42. The molecule has 0 radical (unpaired) electrons. The van der Waals surface area contributed by atoms with E-state index >= 15 is 0 Å². The van der Waals surface area contributed by atoms with Crippen molar-refractivity contribution in [2.24, 2.45) is 4.99 Å². The highest BCUT2D eigenvalue weighted by atomic mass is 127. The Balaban J connectivity index is 1.44. The zero-order valence-corrected chi connectivity index (χ0v) is 22.6. The third kappa shape index (κ3) is 4.58. The van der Waals surface area contributed by atoms with Gasteiger partial charge in [-0.25, -0.2) is 9.98 Å². The molecule has 1 N–H and O–H groups in total. The SMILES string of the molecule is CC1=C(I)C(c2cc3nc(N4CCCC4)cc(NC4CCN(C)CC4)n3n2)=Nc2ccccc2C1. The second-order valence-electron chi connectivity index (χ2n) is 10.1. The van der Waals surface area contributed by atoms with E-state index in [0.29, 0.717) is 6.04 Å². The fourth-order valence-electron chi connectivity index (χ4n) is 5.32. The molecular formula is C27H32IN7. The molecule has 0 saturated carbocycles. The molecule has 3 aliphatic heterocycles. The Morgan fingerprint density at radius 2 is 1.80 bits per heavy atom. The molecule has 1 aromatic carbocycles. The summed E-state index contributed by atoms with van der Waals surface area (Å²) >= 11 is 2.44. The van der Waals surface area contributed by atoms with Crippen LogP contribution in [0.4, 0.5) is 17.3 Å². The van der Waals surface area contributed by atoms with Gasteiger partial charge >= 0.3 is 0 Å². The van der Waals surface area contributed by atoms with Crippen LogP contribution in [0.1, 0.15) is 43.9 Å². The normalized spacial score (nSPS) is 19.7. The van der Waals surface area contributed by atoms with E-state index in [-0.39, 0.29) is 0 Å². The van der Waals surface area contributed by atoms with Crippen LogP contribution in [0.25, 0.3) is 5.65 Å². The number of aliphatic imine (C=N–C) groups is 1. The maximum absolute atomic E-state index is 5.10. The first kappa shape index (κ1) is 23.0. The summed E-state index contributed by atoms with van der Waals surface area (Å²) in [5.74, 6) is 2.08. The van der Waals surface area contributed by atoms with Gasteiger partial charge in [-0.05, 0) is 93.4 Å². The predicted molar refractivity (Wildman–Crippen MR) is 152 cm³/mol. The first-order chi connectivity index (χ1) is 17.0. The van der Waals surface area contributed by atoms with Gasteiger partial charge in [0.05, 0.1) is 5.69 Å². The number of nitrogens with one attached hydrogen (secondary N) is 1. The smallest absolute Gasteiger partial charge is 0.160 e. The Hall–Kier alpha value is -2.46. The minimum atomic E-state index is 0.445. The summed E-state index contributed by atoms with van der Waals surface area (Å²) in [6.07, 6.45) is 5.64. The number of allylic oxidation sites excluding steroid dienone is 2. The van der Waals surface area contributed by atoms with Crippen molar-refractivity contribution in [2.45, 2.75) is 45.1 Å². The molecule has 7 nitrogen and oxygen atoms in total. The molecule has 0 bridgehead atoms. The van der Waals surface area contributed by atoms with E-state index in [1.165, 1.54) is 27.6 Å². The number of aromatic nitrogens is 3. The lowest BCUT2D eigenvalue weighted by atomic mass is 10.0. The number of anilines is 2. The average molecular weight is 582 g/mol. The molecule has 2 saturated heterocycles. The second-order valence-corrected chi connectivity index (χ2v) is 11.2.